The van der Waals surface area contributed by atoms with Crippen LogP contribution in [0.1, 0.15) is 29.0 Å². The average molecular weight is 285 g/mol. The topological polar surface area (TPSA) is 58.4 Å². The van der Waals surface area contributed by atoms with Crippen LogP contribution >= 0.6 is 0 Å². The van der Waals surface area contributed by atoms with E-state index in [1.54, 1.807) is 12.4 Å². The molecule has 0 radical (unpaired) electrons. The number of piperidine rings is 3. The minimum absolute atomic E-state index is 0.0950. The molecular formula is C16H19N3O2. The first-order valence-electron chi connectivity index (χ1n) is 7.58. The summed E-state index contributed by atoms with van der Waals surface area (Å²) in [5.74, 6) is 0.946. The van der Waals surface area contributed by atoms with Crippen LogP contribution in [0.5, 0.6) is 0 Å². The number of nitrogens with one attached hydrogen (secondary N) is 1. The van der Waals surface area contributed by atoms with E-state index in [1.165, 1.54) is 25.9 Å². The van der Waals surface area contributed by atoms with Crippen molar-refractivity contribution in [2.75, 3.05) is 19.6 Å². The van der Waals surface area contributed by atoms with Gasteiger partial charge < -0.3 is 14.6 Å². The summed E-state index contributed by atoms with van der Waals surface area (Å²) in [4.78, 5) is 19.0. The van der Waals surface area contributed by atoms with Gasteiger partial charge in [0.05, 0.1) is 6.20 Å². The lowest BCUT2D eigenvalue weighted by atomic mass is 9.84. The van der Waals surface area contributed by atoms with E-state index in [-0.39, 0.29) is 11.9 Å². The Labute approximate surface area is 123 Å². The number of nitrogens with zero attached hydrogens (tertiary/aromatic N) is 2. The molecule has 3 saturated heterocycles. The summed E-state index contributed by atoms with van der Waals surface area (Å²) in [6, 6.07) is 2.14. The first kappa shape index (κ1) is 12.8. The van der Waals surface area contributed by atoms with Crippen molar-refractivity contribution in [3.8, 4) is 0 Å². The van der Waals surface area contributed by atoms with Gasteiger partial charge in [0.15, 0.2) is 11.3 Å². The fourth-order valence-corrected chi connectivity index (χ4v) is 3.66. The molecule has 0 saturated carbocycles. The number of rotatable bonds is 2. The van der Waals surface area contributed by atoms with E-state index in [0.717, 1.165) is 17.5 Å². The first-order chi connectivity index (χ1) is 10.2. The Morgan fingerprint density at radius 2 is 2.24 bits per heavy atom. The highest BCUT2D eigenvalue weighted by molar-refractivity contribution is 5.98. The van der Waals surface area contributed by atoms with Crippen molar-refractivity contribution in [2.45, 2.75) is 25.8 Å². The highest BCUT2D eigenvalue weighted by Crippen LogP contribution is 2.29. The second-order valence-corrected chi connectivity index (χ2v) is 6.15. The summed E-state index contributed by atoms with van der Waals surface area (Å²) in [6.45, 7) is 5.24. The average Bonchev–Trinajstić information content (AvgIpc) is 2.86. The first-order valence-corrected chi connectivity index (χ1v) is 7.58. The molecule has 2 bridgehead atoms. The Bertz CT molecular complexity index is 686. The number of aryl methyl sites for hydroxylation is 1. The summed E-state index contributed by atoms with van der Waals surface area (Å²) in [6.07, 6.45) is 5.76. The molecule has 3 fully saturated rings. The lowest BCUT2D eigenvalue weighted by Gasteiger charge is -2.44. The van der Waals surface area contributed by atoms with Gasteiger partial charge in [-0.25, -0.2) is 0 Å². The molecule has 5 nitrogen and oxygen atoms in total. The molecule has 5 heterocycles. The van der Waals surface area contributed by atoms with Crippen molar-refractivity contribution in [3.63, 3.8) is 0 Å². The highest BCUT2D eigenvalue weighted by atomic mass is 16.3. The highest BCUT2D eigenvalue weighted by Gasteiger charge is 2.35. The van der Waals surface area contributed by atoms with Crippen LogP contribution in [0.4, 0.5) is 0 Å². The van der Waals surface area contributed by atoms with E-state index in [0.29, 0.717) is 17.3 Å². The van der Waals surface area contributed by atoms with E-state index in [2.05, 4.69) is 15.2 Å². The second-order valence-electron chi connectivity index (χ2n) is 6.15. The number of carbonyl (C=O) groups is 1. The Balaban J connectivity index is 1.58. The van der Waals surface area contributed by atoms with Gasteiger partial charge in [-0.3, -0.25) is 9.78 Å². The summed E-state index contributed by atoms with van der Waals surface area (Å²) in [7, 11) is 0. The standard InChI is InChI=1S/C16H19N3O2/c1-10-12-2-5-17-8-14(12)21-15(10)16(20)18-13-9-19-6-3-11(13)4-7-19/h2,5,8,11,13H,3-4,6-7,9H2,1H3,(H,18,20)/t13-/m0/s1. The maximum absolute atomic E-state index is 12.5. The van der Waals surface area contributed by atoms with Crippen LogP contribution in [0.15, 0.2) is 22.9 Å². The van der Waals surface area contributed by atoms with Gasteiger partial charge in [0, 0.05) is 29.7 Å². The second kappa shape index (κ2) is 4.84. The van der Waals surface area contributed by atoms with Gasteiger partial charge >= 0.3 is 0 Å². The van der Waals surface area contributed by atoms with E-state index < -0.39 is 0 Å². The predicted octanol–water partition coefficient (Wildman–Crippen LogP) is 1.96. The number of carbonyl (C=O) groups excluding carboxylic acids is 1. The number of fused-ring (bicyclic) bond motifs is 4. The Kier molecular flexibility index (Phi) is 2.96. The molecule has 21 heavy (non-hydrogen) atoms. The third-order valence-corrected chi connectivity index (χ3v) is 4.92. The van der Waals surface area contributed by atoms with Crippen LogP contribution in [0.3, 0.4) is 0 Å². The SMILES string of the molecule is Cc1c(C(=O)N[C@H]2CN3CCC2CC3)oc2cnccc12. The number of aromatic nitrogens is 1. The molecule has 0 aromatic carbocycles. The molecule has 1 atom stereocenters. The van der Waals surface area contributed by atoms with Crippen LogP contribution < -0.4 is 5.32 Å². The summed E-state index contributed by atoms with van der Waals surface area (Å²) in [5, 5.41) is 4.14. The Morgan fingerprint density at radius 3 is 2.90 bits per heavy atom. The van der Waals surface area contributed by atoms with Gasteiger partial charge in [0.1, 0.15) is 0 Å². The van der Waals surface area contributed by atoms with Crippen LogP contribution in [0.25, 0.3) is 11.0 Å². The summed E-state index contributed by atoms with van der Waals surface area (Å²) in [5.41, 5.74) is 1.57. The van der Waals surface area contributed by atoms with E-state index >= 15 is 0 Å². The number of hydrogen-bond acceptors (Lipinski definition) is 4. The Morgan fingerprint density at radius 1 is 1.43 bits per heavy atom. The smallest absolute Gasteiger partial charge is 0.287 e. The molecule has 110 valence electrons. The summed E-state index contributed by atoms with van der Waals surface area (Å²) < 4.78 is 5.69. The molecule has 1 N–H and O–H groups in total. The van der Waals surface area contributed by atoms with Crippen LogP contribution in [-0.2, 0) is 0 Å². The van der Waals surface area contributed by atoms with Gasteiger partial charge in [-0.1, -0.05) is 0 Å². The maximum atomic E-state index is 12.5. The predicted molar refractivity (Wildman–Crippen MR) is 79.2 cm³/mol. The van der Waals surface area contributed by atoms with Gasteiger partial charge in [-0.05, 0) is 44.8 Å². The van der Waals surface area contributed by atoms with Crippen LogP contribution in [-0.4, -0.2) is 41.5 Å². The molecular weight excluding hydrogens is 266 g/mol. The Hall–Kier alpha value is -1.88. The lowest BCUT2D eigenvalue weighted by molar-refractivity contribution is 0.0606. The monoisotopic (exact) mass is 285 g/mol. The zero-order valence-electron chi connectivity index (χ0n) is 12.1. The fourth-order valence-electron chi connectivity index (χ4n) is 3.66. The largest absolute Gasteiger partial charge is 0.449 e. The van der Waals surface area contributed by atoms with Gasteiger partial charge in [-0.2, -0.15) is 0 Å². The number of hydrogen-bond donors (Lipinski definition) is 1. The number of pyridine rings is 1. The van der Waals surface area contributed by atoms with Crippen LogP contribution in [0.2, 0.25) is 0 Å². The third kappa shape index (κ3) is 2.12. The van der Waals surface area contributed by atoms with Crippen molar-refractivity contribution in [1.29, 1.82) is 0 Å². The van der Waals surface area contributed by atoms with Gasteiger partial charge in [-0.15, -0.1) is 0 Å². The minimum Gasteiger partial charge on any atom is -0.449 e. The molecule has 0 spiro atoms. The van der Waals surface area contributed by atoms with Crippen molar-refractivity contribution in [2.24, 2.45) is 5.92 Å². The fraction of sp³-hybridized carbons (Fsp3) is 0.500. The van der Waals surface area contributed by atoms with Crippen molar-refractivity contribution >= 4 is 16.9 Å². The molecule has 3 aliphatic rings. The molecule has 2 aromatic heterocycles. The van der Waals surface area contributed by atoms with Gasteiger partial charge in [0.2, 0.25) is 0 Å². The maximum Gasteiger partial charge on any atom is 0.287 e. The zero-order chi connectivity index (χ0) is 14.4. The van der Waals surface area contributed by atoms with Crippen molar-refractivity contribution in [1.82, 2.24) is 15.2 Å². The molecule has 3 aliphatic heterocycles. The number of furan rings is 1. The normalized spacial score (nSPS) is 28.0. The third-order valence-electron chi connectivity index (χ3n) is 4.92. The molecule has 0 aliphatic carbocycles. The molecule has 2 aromatic rings. The molecule has 5 heteroatoms. The molecule has 1 amide bonds. The van der Waals surface area contributed by atoms with Crippen LogP contribution in [0, 0.1) is 12.8 Å². The quantitative estimate of drug-likeness (QED) is 0.916. The van der Waals surface area contributed by atoms with Gasteiger partial charge in [0.25, 0.3) is 5.91 Å². The summed E-state index contributed by atoms with van der Waals surface area (Å²) >= 11 is 0. The van der Waals surface area contributed by atoms with Crippen molar-refractivity contribution in [3.05, 3.63) is 29.8 Å². The molecule has 5 rings (SSSR count). The lowest BCUT2D eigenvalue weighted by Crippen LogP contribution is -2.57. The van der Waals surface area contributed by atoms with E-state index in [9.17, 15) is 4.79 Å². The number of amides is 1. The van der Waals surface area contributed by atoms with Crippen molar-refractivity contribution < 1.29 is 9.21 Å². The van der Waals surface area contributed by atoms with E-state index in [1.807, 2.05) is 13.0 Å². The van der Waals surface area contributed by atoms with E-state index in [4.69, 9.17) is 4.42 Å². The zero-order valence-corrected chi connectivity index (χ0v) is 12.1. The minimum atomic E-state index is -0.0950. The molecule has 0 unspecified atom stereocenters.